The molecular weight excluding hydrogens is 290 g/mol. The van der Waals surface area contributed by atoms with Crippen LogP contribution in [0.4, 0.5) is 0 Å². The quantitative estimate of drug-likeness (QED) is 0.779. The molecule has 0 fully saturated rings. The number of fused-ring (bicyclic) bond motifs is 1. The van der Waals surface area contributed by atoms with E-state index in [1.165, 1.54) is 0 Å². The van der Waals surface area contributed by atoms with Crippen LogP contribution in [0.5, 0.6) is 0 Å². The fraction of sp³-hybridized carbons (Fsp3) is 0.632. The molecule has 0 radical (unpaired) electrons. The fourth-order valence-corrected chi connectivity index (χ4v) is 3.10. The second kappa shape index (κ2) is 7.71. The van der Waals surface area contributed by atoms with Crippen LogP contribution in [0.25, 0.3) is 0 Å². The summed E-state index contributed by atoms with van der Waals surface area (Å²) >= 11 is 0. The molecule has 4 nitrogen and oxygen atoms in total. The van der Waals surface area contributed by atoms with Crippen LogP contribution in [0.2, 0.25) is 0 Å². The number of ether oxygens (including phenoxy) is 1. The minimum Gasteiger partial charge on any atom is -0.462 e. The molecule has 2 rings (SSSR count). The van der Waals surface area contributed by atoms with E-state index in [1.54, 1.807) is 6.92 Å². The van der Waals surface area contributed by atoms with Gasteiger partial charge in [0.25, 0.3) is 0 Å². The predicted molar refractivity (Wildman–Crippen MR) is 92.1 cm³/mol. The van der Waals surface area contributed by atoms with Crippen LogP contribution in [0.3, 0.4) is 0 Å². The highest BCUT2D eigenvalue weighted by atomic mass is 16.5. The SMILES string of the molecule is CC.CCOC(=O)c1c(CC)nc2c(c1C)C(=O)CC(C)(C)C2. The zero-order chi connectivity index (χ0) is 17.8. The highest BCUT2D eigenvalue weighted by Crippen LogP contribution is 2.36. The highest BCUT2D eigenvalue weighted by Gasteiger charge is 2.35. The van der Waals surface area contributed by atoms with Crippen molar-refractivity contribution >= 4 is 11.8 Å². The van der Waals surface area contributed by atoms with Crippen molar-refractivity contribution in [3.05, 3.63) is 28.1 Å². The highest BCUT2D eigenvalue weighted by molar-refractivity contribution is 6.03. The molecule has 0 aromatic carbocycles. The number of Topliss-reactive ketones (excluding diaryl/α,β-unsaturated/α-hetero) is 1. The van der Waals surface area contributed by atoms with Crippen molar-refractivity contribution in [3.8, 4) is 0 Å². The average Bonchev–Trinajstić information content (AvgIpc) is 2.47. The van der Waals surface area contributed by atoms with Crippen LogP contribution in [-0.4, -0.2) is 23.3 Å². The summed E-state index contributed by atoms with van der Waals surface area (Å²) < 4.78 is 5.13. The number of carbonyl (C=O) groups is 2. The maximum atomic E-state index is 12.5. The number of ketones is 1. The third-order valence-corrected chi connectivity index (χ3v) is 3.98. The van der Waals surface area contributed by atoms with Crippen molar-refractivity contribution in [2.75, 3.05) is 6.61 Å². The Kier molecular flexibility index (Phi) is 6.48. The molecule has 0 aliphatic heterocycles. The van der Waals surface area contributed by atoms with E-state index in [4.69, 9.17) is 4.74 Å². The second-order valence-corrected chi connectivity index (χ2v) is 6.40. The van der Waals surface area contributed by atoms with Crippen molar-refractivity contribution < 1.29 is 14.3 Å². The van der Waals surface area contributed by atoms with E-state index < -0.39 is 0 Å². The average molecular weight is 319 g/mol. The summed E-state index contributed by atoms with van der Waals surface area (Å²) in [6, 6.07) is 0. The van der Waals surface area contributed by atoms with Gasteiger partial charge < -0.3 is 4.74 Å². The molecule has 4 heteroatoms. The second-order valence-electron chi connectivity index (χ2n) is 6.40. The first-order chi connectivity index (χ1) is 10.8. The van der Waals surface area contributed by atoms with Crippen molar-refractivity contribution in [1.82, 2.24) is 4.98 Å². The van der Waals surface area contributed by atoms with E-state index in [0.29, 0.717) is 30.6 Å². The monoisotopic (exact) mass is 319 g/mol. The molecule has 23 heavy (non-hydrogen) atoms. The number of carbonyl (C=O) groups excluding carboxylic acids is 2. The van der Waals surface area contributed by atoms with Crippen LogP contribution in [0.15, 0.2) is 0 Å². The summed E-state index contributed by atoms with van der Waals surface area (Å²) in [7, 11) is 0. The van der Waals surface area contributed by atoms with Gasteiger partial charge >= 0.3 is 5.97 Å². The molecular formula is C19H29NO3. The van der Waals surface area contributed by atoms with Gasteiger partial charge in [0.05, 0.1) is 23.6 Å². The van der Waals surface area contributed by atoms with Crippen molar-refractivity contribution in [1.29, 1.82) is 0 Å². The first-order valence-corrected chi connectivity index (χ1v) is 8.53. The Morgan fingerprint density at radius 3 is 2.35 bits per heavy atom. The Bertz CT molecular complexity index is 603. The van der Waals surface area contributed by atoms with Crippen LogP contribution >= 0.6 is 0 Å². The third-order valence-electron chi connectivity index (χ3n) is 3.98. The van der Waals surface area contributed by atoms with Gasteiger partial charge in [0, 0.05) is 12.0 Å². The summed E-state index contributed by atoms with van der Waals surface area (Å²) in [4.78, 5) is 29.3. The van der Waals surface area contributed by atoms with Crippen molar-refractivity contribution in [3.63, 3.8) is 0 Å². The van der Waals surface area contributed by atoms with Gasteiger partial charge in [0.2, 0.25) is 0 Å². The lowest BCUT2D eigenvalue weighted by Gasteiger charge is -2.31. The molecule has 1 aliphatic carbocycles. The summed E-state index contributed by atoms with van der Waals surface area (Å²) in [6.07, 6.45) is 1.91. The summed E-state index contributed by atoms with van der Waals surface area (Å²) in [5.41, 5.74) is 3.34. The molecule has 128 valence electrons. The topological polar surface area (TPSA) is 56.3 Å². The van der Waals surface area contributed by atoms with Crippen LogP contribution in [-0.2, 0) is 17.6 Å². The molecule has 0 bridgehead atoms. The number of hydrogen-bond donors (Lipinski definition) is 0. The van der Waals surface area contributed by atoms with Gasteiger partial charge in [-0.15, -0.1) is 0 Å². The van der Waals surface area contributed by atoms with Gasteiger partial charge in [-0.25, -0.2) is 4.79 Å². The number of aryl methyl sites for hydroxylation is 1. The van der Waals surface area contributed by atoms with E-state index >= 15 is 0 Å². The Balaban J connectivity index is 0.00000127. The van der Waals surface area contributed by atoms with Gasteiger partial charge in [-0.2, -0.15) is 0 Å². The summed E-state index contributed by atoms with van der Waals surface area (Å²) in [5, 5.41) is 0. The zero-order valence-corrected chi connectivity index (χ0v) is 15.5. The lowest BCUT2D eigenvalue weighted by atomic mass is 9.74. The number of aromatic nitrogens is 1. The number of hydrogen-bond acceptors (Lipinski definition) is 4. The minimum absolute atomic E-state index is 0.0695. The van der Waals surface area contributed by atoms with Gasteiger partial charge in [-0.05, 0) is 37.7 Å². The Morgan fingerprint density at radius 1 is 1.22 bits per heavy atom. The fourth-order valence-electron chi connectivity index (χ4n) is 3.10. The minimum atomic E-state index is -0.375. The van der Waals surface area contributed by atoms with Crippen molar-refractivity contribution in [2.45, 2.75) is 67.7 Å². The first kappa shape index (κ1) is 19.3. The van der Waals surface area contributed by atoms with Gasteiger partial charge in [0.1, 0.15) is 0 Å². The molecule has 1 heterocycles. The number of rotatable bonds is 3. The molecule has 0 amide bonds. The number of nitrogens with zero attached hydrogens (tertiary/aromatic N) is 1. The Hall–Kier alpha value is -1.71. The smallest absolute Gasteiger partial charge is 0.340 e. The van der Waals surface area contributed by atoms with E-state index in [2.05, 4.69) is 18.8 Å². The molecule has 1 aromatic rings. The number of esters is 1. The van der Waals surface area contributed by atoms with E-state index in [1.807, 2.05) is 27.7 Å². The zero-order valence-electron chi connectivity index (χ0n) is 15.5. The summed E-state index contributed by atoms with van der Waals surface area (Å²) in [6.45, 7) is 14.1. The third kappa shape index (κ3) is 3.98. The van der Waals surface area contributed by atoms with E-state index in [-0.39, 0.29) is 17.2 Å². The molecule has 1 aliphatic rings. The molecule has 0 unspecified atom stereocenters. The van der Waals surface area contributed by atoms with E-state index in [9.17, 15) is 9.59 Å². The molecule has 0 saturated heterocycles. The predicted octanol–water partition coefficient (Wildman–Crippen LogP) is 4.31. The molecule has 0 atom stereocenters. The first-order valence-electron chi connectivity index (χ1n) is 8.53. The van der Waals surface area contributed by atoms with Gasteiger partial charge in [-0.3, -0.25) is 9.78 Å². The maximum Gasteiger partial charge on any atom is 0.340 e. The van der Waals surface area contributed by atoms with Crippen LogP contribution in [0, 0.1) is 12.3 Å². The van der Waals surface area contributed by atoms with Crippen LogP contribution in [0.1, 0.15) is 85.6 Å². The molecule has 0 spiro atoms. The maximum absolute atomic E-state index is 12.5. The molecule has 0 saturated carbocycles. The lowest BCUT2D eigenvalue weighted by molar-refractivity contribution is 0.0523. The van der Waals surface area contributed by atoms with E-state index in [0.717, 1.165) is 23.4 Å². The largest absolute Gasteiger partial charge is 0.462 e. The standard InChI is InChI=1S/C17H23NO3.C2H6/c1-6-11-15(16(20)21-7-2)10(3)14-12(18-11)8-17(4,5)9-13(14)19;1-2/h6-9H2,1-5H3;1-2H3. The normalized spacial score (nSPS) is 15.3. The van der Waals surface area contributed by atoms with Gasteiger partial charge in [0.15, 0.2) is 5.78 Å². The molecule has 1 aromatic heterocycles. The summed E-state index contributed by atoms with van der Waals surface area (Å²) in [5.74, 6) is -0.292. The Labute approximate surface area is 139 Å². The number of pyridine rings is 1. The lowest BCUT2D eigenvalue weighted by Crippen LogP contribution is -2.30. The van der Waals surface area contributed by atoms with Crippen LogP contribution < -0.4 is 0 Å². The van der Waals surface area contributed by atoms with Crippen molar-refractivity contribution in [2.24, 2.45) is 5.41 Å². The Morgan fingerprint density at radius 2 is 1.83 bits per heavy atom. The molecule has 0 N–H and O–H groups in total. The van der Waals surface area contributed by atoms with Gasteiger partial charge in [-0.1, -0.05) is 34.6 Å².